The van der Waals surface area contributed by atoms with Gasteiger partial charge in [0.25, 0.3) is 0 Å². The molecule has 0 aromatic rings. The number of hydrogen-bond acceptors (Lipinski definition) is 5. The number of carbonyl (C=O) groups excluding carboxylic acids is 1. The second kappa shape index (κ2) is 31.7. The highest BCUT2D eigenvalue weighted by atomic mass is 31.2. The zero-order valence-electron chi connectivity index (χ0n) is 31.7. The van der Waals surface area contributed by atoms with Crippen LogP contribution in [0, 0.1) is 0 Å². The van der Waals surface area contributed by atoms with Gasteiger partial charge in [0.05, 0.1) is 39.9 Å². The molecule has 282 valence electrons. The van der Waals surface area contributed by atoms with Crippen LogP contribution in [0.15, 0.2) is 36.5 Å². The number of allylic oxidation sites excluding steroid dienone is 5. The van der Waals surface area contributed by atoms with Crippen LogP contribution in [0.1, 0.15) is 155 Å². The van der Waals surface area contributed by atoms with E-state index in [0.29, 0.717) is 11.0 Å². The minimum atomic E-state index is -4.31. The lowest BCUT2D eigenvalue weighted by molar-refractivity contribution is -0.870. The number of unbranched alkanes of at least 4 members (excludes halogenated alkanes) is 18. The van der Waals surface area contributed by atoms with Crippen molar-refractivity contribution in [3.63, 3.8) is 0 Å². The number of phosphoric acid groups is 1. The van der Waals surface area contributed by atoms with Crippen molar-refractivity contribution in [2.24, 2.45) is 0 Å². The summed E-state index contributed by atoms with van der Waals surface area (Å²) in [5, 5.41) is 13.3. The van der Waals surface area contributed by atoms with Gasteiger partial charge in [0.15, 0.2) is 0 Å². The summed E-state index contributed by atoms with van der Waals surface area (Å²) in [7, 11) is 1.53. The van der Waals surface area contributed by atoms with E-state index in [-0.39, 0.29) is 25.5 Å². The monoisotopic (exact) mass is 700 g/mol. The van der Waals surface area contributed by atoms with Gasteiger partial charge in [0.2, 0.25) is 5.91 Å². The van der Waals surface area contributed by atoms with Gasteiger partial charge in [-0.2, -0.15) is 0 Å². The average molecular weight is 700 g/mol. The van der Waals surface area contributed by atoms with E-state index < -0.39 is 20.0 Å². The highest BCUT2D eigenvalue weighted by Gasteiger charge is 2.27. The molecule has 1 amide bonds. The third-order valence-corrected chi connectivity index (χ3v) is 9.39. The molecule has 48 heavy (non-hydrogen) atoms. The van der Waals surface area contributed by atoms with Crippen molar-refractivity contribution in [1.82, 2.24) is 5.32 Å². The summed E-state index contributed by atoms with van der Waals surface area (Å²) >= 11 is 0. The van der Waals surface area contributed by atoms with Gasteiger partial charge in [-0.1, -0.05) is 147 Å². The molecule has 8 nitrogen and oxygen atoms in total. The standard InChI is InChI=1S/C39H75N2O6P/c1-6-8-9-10-11-12-13-14-15-16-17-18-19-20-21-22-23-24-25-26-27-28-29-30-31-32-33-38(42)37(40-39(43)7-2)36-47-48(44,45)46-35-34-41(3,4)5/h24-25,28-29,32-33,37-38,42H,6-23,26-27,30-31,34-36H2,1-5H3,(H-,40,43,44,45)/p+1/b25-24+,29-28+,33-32+. The molecule has 0 aliphatic rings. The van der Waals surface area contributed by atoms with Crippen LogP contribution in [0.5, 0.6) is 0 Å². The first kappa shape index (κ1) is 46.7. The molecule has 0 spiro atoms. The Morgan fingerprint density at radius 1 is 0.688 bits per heavy atom. The molecule has 0 aromatic carbocycles. The Labute approximate surface area is 296 Å². The van der Waals surface area contributed by atoms with Crippen LogP contribution >= 0.6 is 7.82 Å². The highest BCUT2D eigenvalue weighted by Crippen LogP contribution is 2.43. The van der Waals surface area contributed by atoms with Gasteiger partial charge in [0.1, 0.15) is 13.2 Å². The molecule has 0 saturated carbocycles. The molecular weight excluding hydrogens is 623 g/mol. The van der Waals surface area contributed by atoms with E-state index in [2.05, 4.69) is 36.5 Å². The van der Waals surface area contributed by atoms with Crippen molar-refractivity contribution >= 4 is 13.7 Å². The van der Waals surface area contributed by atoms with Crippen molar-refractivity contribution in [2.75, 3.05) is 40.9 Å². The number of phosphoric ester groups is 1. The van der Waals surface area contributed by atoms with Gasteiger partial charge in [-0.3, -0.25) is 13.8 Å². The molecule has 0 bridgehead atoms. The van der Waals surface area contributed by atoms with Crippen LogP contribution in [0.2, 0.25) is 0 Å². The van der Waals surface area contributed by atoms with Crippen LogP contribution in [0.3, 0.4) is 0 Å². The predicted molar refractivity (Wildman–Crippen MR) is 203 cm³/mol. The average Bonchev–Trinajstić information content (AvgIpc) is 3.03. The number of nitrogens with one attached hydrogen (secondary N) is 1. The summed E-state index contributed by atoms with van der Waals surface area (Å²) in [6.07, 6.45) is 38.9. The third kappa shape index (κ3) is 33.2. The minimum absolute atomic E-state index is 0.0507. The van der Waals surface area contributed by atoms with Gasteiger partial charge in [-0.25, -0.2) is 4.57 Å². The maximum Gasteiger partial charge on any atom is 0.472 e. The third-order valence-electron chi connectivity index (χ3n) is 8.40. The summed E-state index contributed by atoms with van der Waals surface area (Å²) in [6, 6.07) is -0.863. The number of aliphatic hydroxyl groups is 1. The Morgan fingerprint density at radius 2 is 1.12 bits per heavy atom. The van der Waals surface area contributed by atoms with E-state index in [1.54, 1.807) is 13.0 Å². The second-order valence-electron chi connectivity index (χ2n) is 14.2. The molecule has 3 atom stereocenters. The largest absolute Gasteiger partial charge is 0.472 e. The number of amides is 1. The fourth-order valence-electron chi connectivity index (χ4n) is 5.21. The summed E-state index contributed by atoms with van der Waals surface area (Å²) < 4.78 is 22.9. The summed E-state index contributed by atoms with van der Waals surface area (Å²) in [6.45, 7) is 4.22. The Bertz CT molecular complexity index is 886. The number of quaternary nitrogens is 1. The van der Waals surface area contributed by atoms with E-state index in [1.165, 1.54) is 109 Å². The number of hydrogen-bond donors (Lipinski definition) is 3. The van der Waals surface area contributed by atoms with Gasteiger partial charge in [-0.05, 0) is 38.5 Å². The Hall–Kier alpha value is -1.28. The molecule has 0 fully saturated rings. The molecule has 0 saturated heterocycles. The maximum atomic E-state index is 12.2. The van der Waals surface area contributed by atoms with Crippen LogP contribution in [0.25, 0.3) is 0 Å². The van der Waals surface area contributed by atoms with E-state index in [4.69, 9.17) is 9.05 Å². The van der Waals surface area contributed by atoms with Gasteiger partial charge in [0, 0.05) is 6.42 Å². The van der Waals surface area contributed by atoms with Gasteiger partial charge < -0.3 is 19.8 Å². The van der Waals surface area contributed by atoms with Crippen molar-refractivity contribution in [3.8, 4) is 0 Å². The minimum Gasteiger partial charge on any atom is -0.387 e. The Morgan fingerprint density at radius 3 is 1.58 bits per heavy atom. The molecule has 3 unspecified atom stereocenters. The van der Waals surface area contributed by atoms with Crippen LogP contribution in [-0.4, -0.2) is 73.4 Å². The number of likely N-dealkylation sites (N-methyl/N-ethyl adjacent to an activating group) is 1. The molecular formula is C39H76N2O6P+. The first-order chi connectivity index (χ1) is 23.0. The molecule has 3 N–H and O–H groups in total. The summed E-state index contributed by atoms with van der Waals surface area (Å²) in [4.78, 5) is 21.9. The van der Waals surface area contributed by atoms with Crippen molar-refractivity contribution < 1.29 is 32.9 Å². The van der Waals surface area contributed by atoms with Crippen LogP contribution < -0.4 is 5.32 Å². The fourth-order valence-corrected chi connectivity index (χ4v) is 5.95. The number of nitrogens with zero attached hydrogens (tertiary/aromatic N) is 1. The Kier molecular flexibility index (Phi) is 30.8. The van der Waals surface area contributed by atoms with E-state index >= 15 is 0 Å². The van der Waals surface area contributed by atoms with Crippen molar-refractivity contribution in [1.29, 1.82) is 0 Å². The van der Waals surface area contributed by atoms with Crippen molar-refractivity contribution in [3.05, 3.63) is 36.5 Å². The number of rotatable bonds is 34. The zero-order valence-corrected chi connectivity index (χ0v) is 32.6. The SMILES string of the molecule is CCCCCCCCCCCCCCCCCC/C=C/CC/C=C/CC/C=C/C(O)C(COP(=O)(O)OCC[N+](C)(C)C)NC(=O)CC. The fraction of sp³-hybridized carbons (Fsp3) is 0.821. The molecule has 0 aliphatic carbocycles. The second-order valence-corrected chi connectivity index (χ2v) is 15.7. The van der Waals surface area contributed by atoms with Crippen molar-refractivity contribution in [2.45, 2.75) is 167 Å². The van der Waals surface area contributed by atoms with Gasteiger partial charge >= 0.3 is 7.82 Å². The number of aliphatic hydroxyl groups excluding tert-OH is 1. The lowest BCUT2D eigenvalue weighted by Gasteiger charge is -2.25. The molecule has 0 rings (SSSR count). The van der Waals surface area contributed by atoms with E-state index in [9.17, 15) is 19.4 Å². The zero-order chi connectivity index (χ0) is 35.8. The molecule has 0 heterocycles. The smallest absolute Gasteiger partial charge is 0.387 e. The number of carbonyl (C=O) groups is 1. The summed E-state index contributed by atoms with van der Waals surface area (Å²) in [5.41, 5.74) is 0. The summed E-state index contributed by atoms with van der Waals surface area (Å²) in [5.74, 6) is -0.281. The molecule has 0 aromatic heterocycles. The van der Waals surface area contributed by atoms with Crippen LogP contribution in [0.4, 0.5) is 0 Å². The maximum absolute atomic E-state index is 12.2. The molecule has 0 radical (unpaired) electrons. The first-order valence-electron chi connectivity index (χ1n) is 19.4. The normalized spacial score (nSPS) is 15.1. The topological polar surface area (TPSA) is 105 Å². The molecule has 9 heteroatoms. The highest BCUT2D eigenvalue weighted by molar-refractivity contribution is 7.47. The quantitative estimate of drug-likeness (QED) is 0.0267. The van der Waals surface area contributed by atoms with E-state index in [0.717, 1.165) is 25.7 Å². The predicted octanol–water partition coefficient (Wildman–Crippen LogP) is 9.96. The lowest BCUT2D eigenvalue weighted by atomic mass is 10.0. The Balaban J connectivity index is 3.91. The van der Waals surface area contributed by atoms with Gasteiger partial charge in [-0.15, -0.1) is 0 Å². The van der Waals surface area contributed by atoms with Crippen LogP contribution in [-0.2, 0) is 18.4 Å². The lowest BCUT2D eigenvalue weighted by Crippen LogP contribution is -2.45. The van der Waals surface area contributed by atoms with E-state index in [1.807, 2.05) is 27.2 Å². The molecule has 0 aliphatic heterocycles. The first-order valence-corrected chi connectivity index (χ1v) is 20.9.